The molecule has 0 radical (unpaired) electrons. The summed E-state index contributed by atoms with van der Waals surface area (Å²) in [7, 11) is 0. The molecule has 0 aliphatic rings. The number of ether oxygens (including phenoxy) is 1. The highest BCUT2D eigenvalue weighted by Gasteiger charge is 2.13. The van der Waals surface area contributed by atoms with Crippen LogP contribution in [0.1, 0.15) is 49.0 Å². The second-order valence-corrected chi connectivity index (χ2v) is 6.31. The standard InChI is InChI=1S/C21H24N2O4/c1-4-27-21(26)15-9-11-16(12-10-15)22-19(24)13-20(25)23-18-8-6-5-7-17(18)14(2)3/h5-12,14H,4,13H2,1-3H3,(H,22,24)(H,23,25). The Morgan fingerprint density at radius 1 is 0.926 bits per heavy atom. The van der Waals surface area contributed by atoms with E-state index >= 15 is 0 Å². The highest BCUT2D eigenvalue weighted by Crippen LogP contribution is 2.23. The number of para-hydroxylation sites is 1. The number of anilines is 2. The molecule has 0 unspecified atom stereocenters. The largest absolute Gasteiger partial charge is 0.462 e. The highest BCUT2D eigenvalue weighted by atomic mass is 16.5. The Labute approximate surface area is 158 Å². The van der Waals surface area contributed by atoms with Crippen molar-refractivity contribution in [2.45, 2.75) is 33.1 Å². The van der Waals surface area contributed by atoms with E-state index in [1.165, 1.54) is 0 Å². The highest BCUT2D eigenvalue weighted by molar-refractivity contribution is 6.08. The average molecular weight is 368 g/mol. The van der Waals surface area contributed by atoms with Crippen LogP contribution in [0.5, 0.6) is 0 Å². The van der Waals surface area contributed by atoms with Gasteiger partial charge in [0.2, 0.25) is 11.8 Å². The summed E-state index contributed by atoms with van der Waals surface area (Å²) in [5, 5.41) is 5.43. The number of carbonyl (C=O) groups excluding carboxylic acids is 3. The Hall–Kier alpha value is -3.15. The van der Waals surface area contributed by atoms with Gasteiger partial charge in [0.15, 0.2) is 0 Å². The van der Waals surface area contributed by atoms with Gasteiger partial charge in [0.1, 0.15) is 6.42 Å². The van der Waals surface area contributed by atoms with Gasteiger partial charge in [-0.05, 0) is 48.7 Å². The van der Waals surface area contributed by atoms with Crippen LogP contribution in [-0.2, 0) is 14.3 Å². The van der Waals surface area contributed by atoms with Crippen LogP contribution in [0, 0.1) is 0 Å². The molecule has 0 aromatic heterocycles. The first-order chi connectivity index (χ1) is 12.9. The number of benzene rings is 2. The van der Waals surface area contributed by atoms with E-state index in [0.29, 0.717) is 23.5 Å². The summed E-state index contributed by atoms with van der Waals surface area (Å²) in [6.45, 7) is 6.11. The van der Waals surface area contributed by atoms with Gasteiger partial charge in [0, 0.05) is 11.4 Å². The van der Waals surface area contributed by atoms with Gasteiger partial charge in [-0.1, -0.05) is 32.0 Å². The van der Waals surface area contributed by atoms with Crippen molar-refractivity contribution in [1.82, 2.24) is 0 Å². The predicted molar refractivity (Wildman–Crippen MR) is 105 cm³/mol. The summed E-state index contributed by atoms with van der Waals surface area (Å²) in [6, 6.07) is 13.8. The van der Waals surface area contributed by atoms with Crippen molar-refractivity contribution in [1.29, 1.82) is 0 Å². The lowest BCUT2D eigenvalue weighted by Crippen LogP contribution is -2.22. The molecule has 6 nitrogen and oxygen atoms in total. The van der Waals surface area contributed by atoms with Crippen molar-refractivity contribution >= 4 is 29.2 Å². The van der Waals surface area contributed by atoms with Crippen LogP contribution >= 0.6 is 0 Å². The smallest absolute Gasteiger partial charge is 0.338 e. The van der Waals surface area contributed by atoms with Crippen LogP contribution in [0.4, 0.5) is 11.4 Å². The normalized spacial score (nSPS) is 10.4. The first kappa shape index (κ1) is 20.2. The van der Waals surface area contributed by atoms with E-state index < -0.39 is 11.9 Å². The Morgan fingerprint density at radius 3 is 2.19 bits per heavy atom. The number of hydrogen-bond acceptors (Lipinski definition) is 4. The summed E-state index contributed by atoms with van der Waals surface area (Å²) in [4.78, 5) is 35.9. The minimum Gasteiger partial charge on any atom is -0.462 e. The van der Waals surface area contributed by atoms with Gasteiger partial charge in [-0.2, -0.15) is 0 Å². The van der Waals surface area contributed by atoms with Crippen molar-refractivity contribution in [3.63, 3.8) is 0 Å². The van der Waals surface area contributed by atoms with Crippen LogP contribution in [0.15, 0.2) is 48.5 Å². The molecule has 0 atom stereocenters. The summed E-state index contributed by atoms with van der Waals surface area (Å²) in [6.07, 6.45) is -0.300. The number of rotatable bonds is 7. The molecule has 0 fully saturated rings. The zero-order chi connectivity index (χ0) is 19.8. The summed E-state index contributed by atoms with van der Waals surface area (Å²) in [5.41, 5.74) is 2.63. The number of esters is 1. The van der Waals surface area contributed by atoms with Crippen molar-refractivity contribution in [2.75, 3.05) is 17.2 Å². The molecule has 0 aliphatic carbocycles. The Balaban J connectivity index is 1.92. The van der Waals surface area contributed by atoms with E-state index in [1.807, 2.05) is 38.1 Å². The van der Waals surface area contributed by atoms with Gasteiger partial charge >= 0.3 is 5.97 Å². The fraction of sp³-hybridized carbons (Fsp3) is 0.286. The quantitative estimate of drug-likeness (QED) is 0.572. The Morgan fingerprint density at radius 2 is 1.56 bits per heavy atom. The lowest BCUT2D eigenvalue weighted by Gasteiger charge is -2.13. The zero-order valence-corrected chi connectivity index (χ0v) is 15.7. The number of carbonyl (C=O) groups is 3. The fourth-order valence-electron chi connectivity index (χ4n) is 2.56. The SMILES string of the molecule is CCOC(=O)c1ccc(NC(=O)CC(=O)Nc2ccccc2C(C)C)cc1. The summed E-state index contributed by atoms with van der Waals surface area (Å²) in [5.74, 6) is -0.978. The molecule has 2 aromatic carbocycles. The van der Waals surface area contributed by atoms with Crippen LogP contribution in [0.2, 0.25) is 0 Å². The van der Waals surface area contributed by atoms with Crippen molar-refractivity contribution < 1.29 is 19.1 Å². The van der Waals surface area contributed by atoms with Crippen molar-refractivity contribution in [3.8, 4) is 0 Å². The third-order valence-electron chi connectivity index (χ3n) is 3.86. The molecule has 2 rings (SSSR count). The second-order valence-electron chi connectivity index (χ2n) is 6.31. The maximum atomic E-state index is 12.2. The maximum absolute atomic E-state index is 12.2. The van der Waals surface area contributed by atoms with Gasteiger partial charge in [0.05, 0.1) is 12.2 Å². The molecular formula is C21H24N2O4. The van der Waals surface area contributed by atoms with Crippen LogP contribution in [-0.4, -0.2) is 24.4 Å². The van der Waals surface area contributed by atoms with Gasteiger partial charge in [-0.3, -0.25) is 9.59 Å². The monoisotopic (exact) mass is 368 g/mol. The van der Waals surface area contributed by atoms with E-state index in [0.717, 1.165) is 5.56 Å². The summed E-state index contributed by atoms with van der Waals surface area (Å²) < 4.78 is 4.91. The van der Waals surface area contributed by atoms with E-state index in [2.05, 4.69) is 10.6 Å². The van der Waals surface area contributed by atoms with Crippen LogP contribution in [0.3, 0.4) is 0 Å². The molecule has 0 heterocycles. The van der Waals surface area contributed by atoms with E-state index in [4.69, 9.17) is 4.74 Å². The van der Waals surface area contributed by atoms with Gasteiger partial charge in [0.25, 0.3) is 0 Å². The maximum Gasteiger partial charge on any atom is 0.338 e. The molecule has 2 amide bonds. The molecule has 0 saturated carbocycles. The number of nitrogens with one attached hydrogen (secondary N) is 2. The van der Waals surface area contributed by atoms with E-state index in [9.17, 15) is 14.4 Å². The third-order valence-corrected chi connectivity index (χ3v) is 3.86. The van der Waals surface area contributed by atoms with Crippen LogP contribution < -0.4 is 10.6 Å². The topological polar surface area (TPSA) is 84.5 Å². The molecule has 6 heteroatoms. The van der Waals surface area contributed by atoms with Gasteiger partial charge in [-0.15, -0.1) is 0 Å². The van der Waals surface area contributed by atoms with E-state index in [-0.39, 0.29) is 18.2 Å². The Kier molecular flexibility index (Phi) is 7.11. The molecule has 142 valence electrons. The van der Waals surface area contributed by atoms with Gasteiger partial charge in [-0.25, -0.2) is 4.79 Å². The molecule has 0 saturated heterocycles. The minimum atomic E-state index is -0.432. The van der Waals surface area contributed by atoms with Crippen LogP contribution in [0.25, 0.3) is 0 Å². The lowest BCUT2D eigenvalue weighted by atomic mass is 10.0. The van der Waals surface area contributed by atoms with Gasteiger partial charge < -0.3 is 15.4 Å². The molecule has 0 bridgehead atoms. The predicted octanol–water partition coefficient (Wildman–Crippen LogP) is 3.95. The first-order valence-corrected chi connectivity index (χ1v) is 8.86. The molecular weight excluding hydrogens is 344 g/mol. The van der Waals surface area contributed by atoms with E-state index in [1.54, 1.807) is 31.2 Å². The molecule has 2 aromatic rings. The minimum absolute atomic E-state index is 0.258. The molecule has 27 heavy (non-hydrogen) atoms. The lowest BCUT2D eigenvalue weighted by molar-refractivity contribution is -0.123. The fourth-order valence-corrected chi connectivity index (χ4v) is 2.56. The summed E-state index contributed by atoms with van der Waals surface area (Å²) >= 11 is 0. The number of hydrogen-bond donors (Lipinski definition) is 2. The zero-order valence-electron chi connectivity index (χ0n) is 15.7. The van der Waals surface area contributed by atoms with Crippen molar-refractivity contribution in [3.05, 3.63) is 59.7 Å². The molecule has 0 spiro atoms. The second kappa shape index (κ2) is 9.52. The molecule has 2 N–H and O–H groups in total. The number of amides is 2. The third kappa shape index (κ3) is 5.95. The molecule has 0 aliphatic heterocycles. The average Bonchev–Trinajstić information content (AvgIpc) is 2.62. The first-order valence-electron chi connectivity index (χ1n) is 8.86. The Bertz CT molecular complexity index is 813. The van der Waals surface area contributed by atoms with Crippen molar-refractivity contribution in [2.24, 2.45) is 0 Å².